The topological polar surface area (TPSA) is 87.5 Å². The first-order valence-corrected chi connectivity index (χ1v) is 3.96. The molecule has 14 heavy (non-hydrogen) atoms. The third kappa shape index (κ3) is 2.55. The third-order valence-corrected chi connectivity index (χ3v) is 1.79. The molecule has 0 spiro atoms. The van der Waals surface area contributed by atoms with Crippen molar-refractivity contribution in [1.29, 1.82) is 0 Å². The summed E-state index contributed by atoms with van der Waals surface area (Å²) in [6.45, 7) is 0. The van der Waals surface area contributed by atoms with Gasteiger partial charge in [0.1, 0.15) is 0 Å². The van der Waals surface area contributed by atoms with Gasteiger partial charge in [-0.15, -0.1) is 0 Å². The van der Waals surface area contributed by atoms with Crippen LogP contribution in [0.25, 0.3) is 0 Å². The maximum atomic E-state index is 10.5. The van der Waals surface area contributed by atoms with E-state index in [1.54, 1.807) is 12.1 Å². The summed E-state index contributed by atoms with van der Waals surface area (Å²) in [6, 6.07) is 3.19. The Morgan fingerprint density at radius 1 is 1.21 bits per heavy atom. The Balaban J connectivity index is 2.75. The van der Waals surface area contributed by atoms with E-state index < -0.39 is 17.9 Å². The molecular formula is C9H9NO4. The molecule has 0 unspecified atom stereocenters. The minimum Gasteiger partial charge on any atom is -0.481 e. The molecule has 74 valence electrons. The van der Waals surface area contributed by atoms with Gasteiger partial charge in [0.2, 0.25) is 0 Å². The number of carbonyl (C=O) groups is 2. The highest BCUT2D eigenvalue weighted by atomic mass is 16.4. The van der Waals surface area contributed by atoms with Crippen LogP contribution in [0.5, 0.6) is 0 Å². The number of carboxylic acid groups (broad SMARTS) is 2. The van der Waals surface area contributed by atoms with Crippen LogP contribution < -0.4 is 0 Å². The largest absolute Gasteiger partial charge is 0.481 e. The maximum Gasteiger partial charge on any atom is 0.318 e. The number of aliphatic carboxylic acids is 2. The van der Waals surface area contributed by atoms with Gasteiger partial charge in [0.15, 0.2) is 5.92 Å². The summed E-state index contributed by atoms with van der Waals surface area (Å²) in [5.74, 6) is -4.04. The predicted molar refractivity (Wildman–Crippen MR) is 46.7 cm³/mol. The minimum atomic E-state index is -1.39. The Hall–Kier alpha value is -1.91. The molecule has 0 saturated heterocycles. The molecule has 1 aromatic rings. The molecule has 1 heterocycles. The summed E-state index contributed by atoms with van der Waals surface area (Å²) in [5.41, 5.74) is 0.648. The van der Waals surface area contributed by atoms with Gasteiger partial charge >= 0.3 is 11.9 Å². The van der Waals surface area contributed by atoms with E-state index in [9.17, 15) is 9.59 Å². The second-order valence-corrected chi connectivity index (χ2v) is 2.79. The van der Waals surface area contributed by atoms with E-state index in [0.29, 0.717) is 5.56 Å². The molecule has 0 bridgehead atoms. The van der Waals surface area contributed by atoms with Crippen LogP contribution >= 0.6 is 0 Å². The van der Waals surface area contributed by atoms with Gasteiger partial charge in [0.25, 0.3) is 0 Å². The Labute approximate surface area is 80.0 Å². The van der Waals surface area contributed by atoms with Crippen LogP contribution in [0, 0.1) is 5.92 Å². The second kappa shape index (κ2) is 4.36. The fourth-order valence-electron chi connectivity index (χ4n) is 1.03. The van der Waals surface area contributed by atoms with Crippen molar-refractivity contribution >= 4 is 11.9 Å². The van der Waals surface area contributed by atoms with Gasteiger partial charge in [0.05, 0.1) is 0 Å². The highest BCUT2D eigenvalue weighted by molar-refractivity contribution is 5.93. The Kier molecular flexibility index (Phi) is 3.17. The van der Waals surface area contributed by atoms with Crippen LogP contribution in [0.2, 0.25) is 0 Å². The van der Waals surface area contributed by atoms with E-state index >= 15 is 0 Å². The first-order valence-electron chi connectivity index (χ1n) is 3.96. The van der Waals surface area contributed by atoms with Crippen molar-refractivity contribution in [3.63, 3.8) is 0 Å². The monoisotopic (exact) mass is 195 g/mol. The first kappa shape index (κ1) is 10.2. The van der Waals surface area contributed by atoms with Crippen LogP contribution in [0.1, 0.15) is 5.56 Å². The van der Waals surface area contributed by atoms with Gasteiger partial charge in [-0.2, -0.15) is 0 Å². The zero-order chi connectivity index (χ0) is 10.6. The van der Waals surface area contributed by atoms with Gasteiger partial charge < -0.3 is 10.2 Å². The average molecular weight is 195 g/mol. The summed E-state index contributed by atoms with van der Waals surface area (Å²) in [4.78, 5) is 24.8. The lowest BCUT2D eigenvalue weighted by Crippen LogP contribution is -2.25. The van der Waals surface area contributed by atoms with Crippen molar-refractivity contribution < 1.29 is 19.8 Å². The molecule has 0 saturated carbocycles. The van der Waals surface area contributed by atoms with Gasteiger partial charge in [-0.05, 0) is 24.1 Å². The number of hydrogen-bond donors (Lipinski definition) is 2. The van der Waals surface area contributed by atoms with Gasteiger partial charge in [0, 0.05) is 12.4 Å². The Bertz CT molecular complexity index is 322. The second-order valence-electron chi connectivity index (χ2n) is 2.79. The summed E-state index contributed by atoms with van der Waals surface area (Å²) >= 11 is 0. The zero-order valence-corrected chi connectivity index (χ0v) is 7.25. The summed E-state index contributed by atoms with van der Waals surface area (Å²) in [6.07, 6.45) is 2.97. The molecule has 1 rings (SSSR count). The maximum absolute atomic E-state index is 10.5. The summed E-state index contributed by atoms with van der Waals surface area (Å²) < 4.78 is 0. The summed E-state index contributed by atoms with van der Waals surface area (Å²) in [5, 5.41) is 17.2. The predicted octanol–water partition coefficient (Wildman–Crippen LogP) is 0.410. The van der Waals surface area contributed by atoms with Crippen molar-refractivity contribution in [3.05, 3.63) is 30.1 Å². The molecule has 0 radical (unpaired) electrons. The number of carboxylic acids is 2. The van der Waals surface area contributed by atoms with Crippen LogP contribution in [0.15, 0.2) is 24.5 Å². The minimum absolute atomic E-state index is 0.0206. The van der Waals surface area contributed by atoms with Crippen LogP contribution in [-0.4, -0.2) is 27.1 Å². The highest BCUT2D eigenvalue weighted by Gasteiger charge is 2.25. The molecule has 0 aliphatic heterocycles. The molecule has 0 amide bonds. The lowest BCUT2D eigenvalue weighted by molar-refractivity contribution is -0.154. The molecule has 5 heteroatoms. The molecule has 2 N–H and O–H groups in total. The van der Waals surface area contributed by atoms with Gasteiger partial charge in [-0.3, -0.25) is 14.6 Å². The number of pyridine rings is 1. The van der Waals surface area contributed by atoms with Gasteiger partial charge in [-0.1, -0.05) is 0 Å². The van der Waals surface area contributed by atoms with E-state index in [2.05, 4.69) is 4.98 Å². The quantitative estimate of drug-likeness (QED) is 0.679. The Morgan fingerprint density at radius 2 is 1.71 bits per heavy atom. The van der Waals surface area contributed by atoms with Crippen molar-refractivity contribution in [2.75, 3.05) is 0 Å². The molecule has 0 aromatic carbocycles. The number of rotatable bonds is 4. The zero-order valence-electron chi connectivity index (χ0n) is 7.25. The fraction of sp³-hybridized carbons (Fsp3) is 0.222. The van der Waals surface area contributed by atoms with Crippen molar-refractivity contribution in [3.8, 4) is 0 Å². The number of aromatic nitrogens is 1. The molecule has 0 aliphatic rings. The number of nitrogens with zero attached hydrogens (tertiary/aromatic N) is 1. The van der Waals surface area contributed by atoms with Crippen LogP contribution in [-0.2, 0) is 16.0 Å². The van der Waals surface area contributed by atoms with Gasteiger partial charge in [-0.25, -0.2) is 0 Å². The highest BCUT2D eigenvalue weighted by Crippen LogP contribution is 2.08. The summed E-state index contributed by atoms with van der Waals surface area (Å²) in [7, 11) is 0. The molecule has 0 fully saturated rings. The normalized spacial score (nSPS) is 10.1. The van der Waals surface area contributed by atoms with Crippen LogP contribution in [0.4, 0.5) is 0 Å². The average Bonchev–Trinajstić information content (AvgIpc) is 2.15. The van der Waals surface area contributed by atoms with Crippen molar-refractivity contribution in [2.24, 2.45) is 5.92 Å². The van der Waals surface area contributed by atoms with E-state index in [4.69, 9.17) is 10.2 Å². The molecule has 5 nitrogen and oxygen atoms in total. The fourth-order valence-corrected chi connectivity index (χ4v) is 1.03. The molecule has 1 aromatic heterocycles. The van der Waals surface area contributed by atoms with E-state index in [0.717, 1.165) is 0 Å². The van der Waals surface area contributed by atoms with E-state index in [-0.39, 0.29) is 6.42 Å². The molecular weight excluding hydrogens is 186 g/mol. The lowest BCUT2D eigenvalue weighted by atomic mass is 10.0. The standard InChI is InChI=1S/C9H9NO4/c11-8(12)7(9(13)14)5-6-1-3-10-4-2-6/h1-4,7H,5H2,(H,11,12)(H,13,14). The van der Waals surface area contributed by atoms with E-state index in [1.807, 2.05) is 0 Å². The smallest absolute Gasteiger partial charge is 0.318 e. The van der Waals surface area contributed by atoms with E-state index in [1.165, 1.54) is 12.4 Å². The third-order valence-electron chi connectivity index (χ3n) is 1.79. The first-order chi connectivity index (χ1) is 6.61. The lowest BCUT2D eigenvalue weighted by Gasteiger charge is -2.06. The molecule has 0 atom stereocenters. The molecule has 0 aliphatic carbocycles. The Morgan fingerprint density at radius 3 is 2.14 bits per heavy atom. The van der Waals surface area contributed by atoms with Crippen molar-refractivity contribution in [2.45, 2.75) is 6.42 Å². The van der Waals surface area contributed by atoms with Crippen molar-refractivity contribution in [1.82, 2.24) is 4.98 Å². The van der Waals surface area contributed by atoms with Crippen LogP contribution in [0.3, 0.4) is 0 Å². The SMILES string of the molecule is O=C(O)C(Cc1ccncc1)C(=O)O. The number of hydrogen-bond acceptors (Lipinski definition) is 3.